The lowest BCUT2D eigenvalue weighted by Gasteiger charge is -2.11. The fraction of sp³-hybridized carbons (Fsp3) is 0.438. The average Bonchev–Trinajstić information content (AvgIpc) is 2.51. The van der Waals surface area contributed by atoms with E-state index < -0.39 is 12.0 Å². The molecule has 1 atom stereocenters. The summed E-state index contributed by atoms with van der Waals surface area (Å²) in [6.07, 6.45) is 0.729. The molecule has 6 heteroatoms. The Morgan fingerprint density at radius 1 is 1.18 bits per heavy atom. The summed E-state index contributed by atoms with van der Waals surface area (Å²) in [7, 11) is 1.27. The molecule has 0 unspecified atom stereocenters. The van der Waals surface area contributed by atoms with E-state index in [0.29, 0.717) is 18.5 Å². The first-order chi connectivity index (χ1) is 10.4. The molecule has 0 saturated heterocycles. The Hall–Kier alpha value is -2.37. The maximum Gasteiger partial charge on any atom is 0.328 e. The molecule has 1 aromatic rings. The number of methoxy groups -OCH3 is 1. The summed E-state index contributed by atoms with van der Waals surface area (Å²) >= 11 is 0. The lowest BCUT2D eigenvalue weighted by atomic mass is 10.1. The van der Waals surface area contributed by atoms with Gasteiger partial charge in [-0.3, -0.25) is 9.59 Å². The molecule has 0 radical (unpaired) electrons. The number of aryl methyl sites for hydroxylation is 1. The SMILES string of the molecule is COC(=O)[C@@H](C)NC(=O)CCCNC(=O)c1ccc(C)cc1. The third kappa shape index (κ3) is 5.95. The van der Waals surface area contributed by atoms with Crippen LogP contribution in [0.25, 0.3) is 0 Å². The lowest BCUT2D eigenvalue weighted by Crippen LogP contribution is -2.39. The summed E-state index contributed by atoms with van der Waals surface area (Å²) in [5.74, 6) is -0.896. The molecule has 0 heterocycles. The molecule has 1 rings (SSSR count). The van der Waals surface area contributed by atoms with Gasteiger partial charge in [0, 0.05) is 18.5 Å². The molecule has 0 fully saturated rings. The molecule has 120 valence electrons. The highest BCUT2D eigenvalue weighted by atomic mass is 16.5. The van der Waals surface area contributed by atoms with E-state index in [-0.39, 0.29) is 18.2 Å². The monoisotopic (exact) mass is 306 g/mol. The number of ether oxygens (including phenoxy) is 1. The van der Waals surface area contributed by atoms with Gasteiger partial charge in [0.05, 0.1) is 7.11 Å². The van der Waals surface area contributed by atoms with Crippen molar-refractivity contribution in [2.45, 2.75) is 32.7 Å². The first-order valence-electron chi connectivity index (χ1n) is 7.16. The van der Waals surface area contributed by atoms with Crippen molar-refractivity contribution >= 4 is 17.8 Å². The first kappa shape index (κ1) is 17.7. The second kappa shape index (κ2) is 8.81. The molecule has 0 aromatic heterocycles. The Bertz CT molecular complexity index is 525. The summed E-state index contributed by atoms with van der Waals surface area (Å²) in [4.78, 5) is 34.6. The lowest BCUT2D eigenvalue weighted by molar-refractivity contribution is -0.144. The maximum atomic E-state index is 11.8. The molecule has 0 aliphatic heterocycles. The first-order valence-corrected chi connectivity index (χ1v) is 7.16. The van der Waals surface area contributed by atoms with Gasteiger partial charge < -0.3 is 15.4 Å². The predicted octanol–water partition coefficient (Wildman–Crippen LogP) is 1.18. The van der Waals surface area contributed by atoms with Crippen molar-refractivity contribution in [2.75, 3.05) is 13.7 Å². The zero-order valence-electron chi connectivity index (χ0n) is 13.1. The van der Waals surface area contributed by atoms with E-state index in [9.17, 15) is 14.4 Å². The Balaban J connectivity index is 2.24. The Kier molecular flexibility index (Phi) is 7.08. The normalized spacial score (nSPS) is 11.4. The summed E-state index contributed by atoms with van der Waals surface area (Å²) in [6.45, 7) is 3.91. The Morgan fingerprint density at radius 2 is 1.82 bits per heavy atom. The van der Waals surface area contributed by atoms with Crippen molar-refractivity contribution in [2.24, 2.45) is 0 Å². The fourth-order valence-corrected chi connectivity index (χ4v) is 1.81. The Morgan fingerprint density at radius 3 is 2.41 bits per heavy atom. The zero-order valence-corrected chi connectivity index (χ0v) is 13.1. The molecule has 0 spiro atoms. The van der Waals surface area contributed by atoms with E-state index in [1.165, 1.54) is 7.11 Å². The van der Waals surface area contributed by atoms with Gasteiger partial charge in [0.2, 0.25) is 5.91 Å². The van der Waals surface area contributed by atoms with Crippen molar-refractivity contribution in [3.05, 3.63) is 35.4 Å². The Labute approximate surface area is 130 Å². The molecular formula is C16H22N2O4. The van der Waals surface area contributed by atoms with Crippen LogP contribution in [0.3, 0.4) is 0 Å². The van der Waals surface area contributed by atoms with E-state index in [1.54, 1.807) is 19.1 Å². The molecule has 0 aliphatic rings. The highest BCUT2D eigenvalue weighted by Crippen LogP contribution is 2.02. The van der Waals surface area contributed by atoms with E-state index in [2.05, 4.69) is 15.4 Å². The van der Waals surface area contributed by atoms with Gasteiger partial charge in [0.15, 0.2) is 0 Å². The topological polar surface area (TPSA) is 84.5 Å². The minimum atomic E-state index is -0.667. The van der Waals surface area contributed by atoms with Crippen molar-refractivity contribution in [3.8, 4) is 0 Å². The smallest absolute Gasteiger partial charge is 0.328 e. The number of carbonyl (C=O) groups excluding carboxylic acids is 3. The molecule has 1 aromatic carbocycles. The van der Waals surface area contributed by atoms with Crippen LogP contribution >= 0.6 is 0 Å². The third-order valence-corrected chi connectivity index (χ3v) is 3.11. The maximum absolute atomic E-state index is 11.8. The number of amides is 2. The van der Waals surface area contributed by atoms with Crippen LogP contribution in [0.15, 0.2) is 24.3 Å². The van der Waals surface area contributed by atoms with Crippen LogP contribution in [-0.2, 0) is 14.3 Å². The number of nitrogens with one attached hydrogen (secondary N) is 2. The number of esters is 1. The van der Waals surface area contributed by atoms with Gasteiger partial charge in [0.25, 0.3) is 5.91 Å². The molecule has 2 amide bonds. The van der Waals surface area contributed by atoms with Crippen molar-refractivity contribution in [3.63, 3.8) is 0 Å². The van der Waals surface area contributed by atoms with Gasteiger partial charge in [-0.2, -0.15) is 0 Å². The summed E-state index contributed by atoms with van der Waals surface area (Å²) in [6, 6.07) is 6.59. The molecule has 22 heavy (non-hydrogen) atoms. The number of benzene rings is 1. The van der Waals surface area contributed by atoms with Crippen LogP contribution in [0.2, 0.25) is 0 Å². The standard InChI is InChI=1S/C16H22N2O4/c1-11-6-8-13(9-7-11)15(20)17-10-4-5-14(19)18-12(2)16(21)22-3/h6-9,12H,4-5,10H2,1-3H3,(H,17,20)(H,18,19)/t12-/m1/s1. The largest absolute Gasteiger partial charge is 0.467 e. The van der Waals surface area contributed by atoms with Gasteiger partial charge in [-0.1, -0.05) is 17.7 Å². The second-order valence-corrected chi connectivity index (χ2v) is 5.04. The summed E-state index contributed by atoms with van der Waals surface area (Å²) < 4.78 is 4.52. The fourth-order valence-electron chi connectivity index (χ4n) is 1.81. The highest BCUT2D eigenvalue weighted by molar-refractivity contribution is 5.94. The summed E-state index contributed by atoms with van der Waals surface area (Å²) in [5.41, 5.74) is 1.68. The van der Waals surface area contributed by atoms with Crippen LogP contribution in [0.1, 0.15) is 35.7 Å². The molecule has 0 bridgehead atoms. The van der Waals surface area contributed by atoms with E-state index in [1.807, 2.05) is 19.1 Å². The van der Waals surface area contributed by atoms with Gasteiger partial charge in [-0.15, -0.1) is 0 Å². The number of carbonyl (C=O) groups is 3. The summed E-state index contributed by atoms with van der Waals surface area (Å²) in [5, 5.41) is 5.28. The van der Waals surface area contributed by atoms with Crippen LogP contribution in [0.5, 0.6) is 0 Å². The third-order valence-electron chi connectivity index (χ3n) is 3.11. The highest BCUT2D eigenvalue weighted by Gasteiger charge is 2.15. The van der Waals surface area contributed by atoms with Crippen LogP contribution < -0.4 is 10.6 Å². The predicted molar refractivity (Wildman–Crippen MR) is 82.4 cm³/mol. The van der Waals surface area contributed by atoms with E-state index in [0.717, 1.165) is 5.56 Å². The minimum Gasteiger partial charge on any atom is -0.467 e. The van der Waals surface area contributed by atoms with Crippen molar-refractivity contribution in [1.29, 1.82) is 0 Å². The quantitative estimate of drug-likeness (QED) is 0.585. The number of rotatable bonds is 7. The van der Waals surface area contributed by atoms with Crippen molar-refractivity contribution < 1.29 is 19.1 Å². The van der Waals surface area contributed by atoms with Crippen LogP contribution in [-0.4, -0.2) is 37.5 Å². The van der Waals surface area contributed by atoms with Crippen LogP contribution in [0, 0.1) is 6.92 Å². The van der Waals surface area contributed by atoms with Gasteiger partial charge >= 0.3 is 5.97 Å². The average molecular weight is 306 g/mol. The zero-order chi connectivity index (χ0) is 16.5. The van der Waals surface area contributed by atoms with Gasteiger partial charge in [-0.25, -0.2) is 4.79 Å². The van der Waals surface area contributed by atoms with Crippen LogP contribution in [0.4, 0.5) is 0 Å². The van der Waals surface area contributed by atoms with Crippen molar-refractivity contribution in [1.82, 2.24) is 10.6 Å². The molecule has 2 N–H and O–H groups in total. The van der Waals surface area contributed by atoms with Gasteiger partial charge in [0.1, 0.15) is 6.04 Å². The van der Waals surface area contributed by atoms with E-state index in [4.69, 9.17) is 0 Å². The minimum absolute atomic E-state index is 0.164. The second-order valence-electron chi connectivity index (χ2n) is 5.04. The molecular weight excluding hydrogens is 284 g/mol. The molecule has 6 nitrogen and oxygen atoms in total. The molecule has 0 saturated carbocycles. The van der Waals surface area contributed by atoms with E-state index >= 15 is 0 Å². The molecule has 0 aliphatic carbocycles. The van der Waals surface area contributed by atoms with Gasteiger partial charge in [-0.05, 0) is 32.4 Å². The number of hydrogen-bond acceptors (Lipinski definition) is 4. The number of hydrogen-bond donors (Lipinski definition) is 2.